The van der Waals surface area contributed by atoms with E-state index in [-0.39, 0.29) is 18.2 Å². The van der Waals surface area contributed by atoms with Crippen molar-refractivity contribution in [2.75, 3.05) is 30.0 Å². The van der Waals surface area contributed by atoms with Crippen LogP contribution in [0.3, 0.4) is 0 Å². The number of hydrogen-bond donors (Lipinski definition) is 2. The SMILES string of the molecule is CC(=NC1CCOCC1)/C(=C\N)Nc1ncc2ccc(N3C(=O)OCC3C3CC3)cc2n1. The highest BCUT2D eigenvalue weighted by Gasteiger charge is 2.43. The molecule has 0 radical (unpaired) electrons. The number of amides is 1. The summed E-state index contributed by atoms with van der Waals surface area (Å²) in [6.07, 6.45) is 7.06. The van der Waals surface area contributed by atoms with E-state index in [1.165, 1.54) is 6.20 Å². The van der Waals surface area contributed by atoms with Crippen LogP contribution in [0.4, 0.5) is 16.4 Å². The highest BCUT2D eigenvalue weighted by atomic mass is 16.6. The summed E-state index contributed by atoms with van der Waals surface area (Å²) in [5, 5.41) is 4.08. The Bertz CT molecular complexity index is 1070. The standard InChI is InChI=1S/C23H28N6O3/c1-14(26-17-6-8-31-9-7-17)20(11-24)28-22-25-12-16-4-5-18(10-19(16)27-22)29-21(15-2-3-15)13-32-23(29)30/h4-5,10-12,15,17,21H,2-3,6-9,13,24H2,1H3,(H,25,27,28)/b20-11+,26-14?. The first-order valence-corrected chi connectivity index (χ1v) is 11.2. The van der Waals surface area contributed by atoms with Gasteiger partial charge in [-0.1, -0.05) is 0 Å². The number of carbonyl (C=O) groups is 1. The number of hydrogen-bond acceptors (Lipinski definition) is 8. The molecule has 1 saturated carbocycles. The molecule has 1 unspecified atom stereocenters. The van der Waals surface area contributed by atoms with Gasteiger partial charge in [0, 0.05) is 36.7 Å². The highest BCUT2D eigenvalue weighted by molar-refractivity contribution is 6.00. The molecule has 9 heteroatoms. The number of nitrogens with zero attached hydrogens (tertiary/aromatic N) is 4. The van der Waals surface area contributed by atoms with E-state index in [1.54, 1.807) is 11.1 Å². The first kappa shape index (κ1) is 20.7. The second-order valence-corrected chi connectivity index (χ2v) is 8.55. The van der Waals surface area contributed by atoms with Crippen LogP contribution in [0.15, 0.2) is 41.3 Å². The van der Waals surface area contributed by atoms with Crippen molar-refractivity contribution in [2.45, 2.75) is 44.7 Å². The maximum Gasteiger partial charge on any atom is 0.414 e. The van der Waals surface area contributed by atoms with Crippen LogP contribution in [0.1, 0.15) is 32.6 Å². The number of aromatic nitrogens is 2. The van der Waals surface area contributed by atoms with Gasteiger partial charge in [-0.25, -0.2) is 14.8 Å². The van der Waals surface area contributed by atoms with Crippen LogP contribution < -0.4 is 16.0 Å². The summed E-state index contributed by atoms with van der Waals surface area (Å²) in [5.74, 6) is 0.950. The fourth-order valence-corrected chi connectivity index (χ4v) is 4.31. The zero-order valence-corrected chi connectivity index (χ0v) is 18.2. The van der Waals surface area contributed by atoms with E-state index in [2.05, 4.69) is 15.3 Å². The van der Waals surface area contributed by atoms with Crippen LogP contribution in [0.2, 0.25) is 0 Å². The minimum absolute atomic E-state index is 0.107. The van der Waals surface area contributed by atoms with Crippen molar-refractivity contribution in [3.63, 3.8) is 0 Å². The zero-order chi connectivity index (χ0) is 22.1. The number of anilines is 2. The van der Waals surface area contributed by atoms with Gasteiger partial charge in [-0.15, -0.1) is 0 Å². The predicted octanol–water partition coefficient (Wildman–Crippen LogP) is 3.22. The van der Waals surface area contributed by atoms with Crippen LogP contribution in [0.25, 0.3) is 10.9 Å². The van der Waals surface area contributed by atoms with Crippen LogP contribution in [-0.2, 0) is 9.47 Å². The average molecular weight is 437 g/mol. The molecule has 1 aromatic heterocycles. The maximum atomic E-state index is 12.4. The molecular formula is C23H28N6O3. The van der Waals surface area contributed by atoms with Gasteiger partial charge in [0.05, 0.1) is 29.0 Å². The lowest BCUT2D eigenvalue weighted by Crippen LogP contribution is -2.34. The number of nitrogens with one attached hydrogen (secondary N) is 1. The Hall–Kier alpha value is -3.20. The Morgan fingerprint density at radius 1 is 1.28 bits per heavy atom. The van der Waals surface area contributed by atoms with Gasteiger partial charge in [-0.05, 0) is 56.7 Å². The Morgan fingerprint density at radius 3 is 2.84 bits per heavy atom. The molecule has 3 heterocycles. The number of allylic oxidation sites excluding steroid dienone is 1. The normalized spacial score (nSPS) is 23.0. The lowest BCUT2D eigenvalue weighted by molar-refractivity contribution is 0.0871. The summed E-state index contributed by atoms with van der Waals surface area (Å²) >= 11 is 0. The van der Waals surface area contributed by atoms with E-state index in [9.17, 15) is 4.79 Å². The van der Waals surface area contributed by atoms with Gasteiger partial charge >= 0.3 is 6.09 Å². The fourth-order valence-electron chi connectivity index (χ4n) is 4.31. The lowest BCUT2D eigenvalue weighted by Gasteiger charge is -2.21. The molecule has 0 spiro atoms. The zero-order valence-electron chi connectivity index (χ0n) is 18.2. The summed E-state index contributed by atoms with van der Waals surface area (Å²) in [4.78, 5) is 28.0. The first-order chi connectivity index (χ1) is 15.6. The van der Waals surface area contributed by atoms with Gasteiger partial charge in [0.1, 0.15) is 6.61 Å². The molecule has 1 aliphatic carbocycles. The number of fused-ring (bicyclic) bond motifs is 1. The topological polar surface area (TPSA) is 115 Å². The lowest BCUT2D eigenvalue weighted by atomic mass is 10.1. The number of ether oxygens (including phenoxy) is 2. The predicted molar refractivity (Wildman–Crippen MR) is 123 cm³/mol. The summed E-state index contributed by atoms with van der Waals surface area (Å²) in [5.41, 5.74) is 8.89. The molecule has 2 aromatic rings. The van der Waals surface area contributed by atoms with Crippen molar-refractivity contribution in [3.05, 3.63) is 36.3 Å². The van der Waals surface area contributed by atoms with Crippen LogP contribution in [0.5, 0.6) is 0 Å². The highest BCUT2D eigenvalue weighted by Crippen LogP contribution is 2.40. The van der Waals surface area contributed by atoms with E-state index >= 15 is 0 Å². The molecule has 5 rings (SSSR count). The molecule has 9 nitrogen and oxygen atoms in total. The quantitative estimate of drug-likeness (QED) is 0.668. The molecule has 0 bridgehead atoms. The Morgan fingerprint density at radius 2 is 2.09 bits per heavy atom. The minimum atomic E-state index is -0.290. The van der Waals surface area contributed by atoms with E-state index in [1.807, 2.05) is 25.1 Å². The number of benzene rings is 1. The van der Waals surface area contributed by atoms with Gasteiger partial charge in [0.25, 0.3) is 0 Å². The van der Waals surface area contributed by atoms with E-state index in [4.69, 9.17) is 20.2 Å². The van der Waals surface area contributed by atoms with Gasteiger partial charge in [0.2, 0.25) is 5.95 Å². The molecule has 1 atom stereocenters. The molecule has 168 valence electrons. The van der Waals surface area contributed by atoms with E-state index < -0.39 is 0 Å². The number of rotatable bonds is 6. The van der Waals surface area contributed by atoms with Crippen molar-refractivity contribution in [1.29, 1.82) is 0 Å². The number of nitrogens with two attached hydrogens (primary N) is 1. The van der Waals surface area contributed by atoms with Crippen LogP contribution in [0, 0.1) is 5.92 Å². The maximum absolute atomic E-state index is 12.4. The van der Waals surface area contributed by atoms with Crippen LogP contribution in [-0.4, -0.2) is 53.7 Å². The minimum Gasteiger partial charge on any atom is -0.447 e. The Kier molecular flexibility index (Phi) is 5.65. The fraction of sp³-hybridized carbons (Fsp3) is 0.478. The molecule has 3 N–H and O–H groups in total. The molecule has 2 saturated heterocycles. The molecule has 3 fully saturated rings. The molecule has 1 amide bonds. The smallest absolute Gasteiger partial charge is 0.414 e. The van der Waals surface area contributed by atoms with Gasteiger partial charge in [-0.2, -0.15) is 0 Å². The number of cyclic esters (lactones) is 1. The second kappa shape index (κ2) is 8.74. The molecule has 2 aliphatic heterocycles. The van der Waals surface area contributed by atoms with Crippen molar-refractivity contribution < 1.29 is 14.3 Å². The Labute approximate surface area is 186 Å². The summed E-state index contributed by atoms with van der Waals surface area (Å²) in [7, 11) is 0. The third kappa shape index (κ3) is 4.25. The van der Waals surface area contributed by atoms with Gasteiger partial charge in [-0.3, -0.25) is 9.89 Å². The van der Waals surface area contributed by atoms with Crippen molar-refractivity contribution in [3.8, 4) is 0 Å². The van der Waals surface area contributed by atoms with E-state index in [0.717, 1.165) is 61.2 Å². The Balaban J connectivity index is 1.37. The number of carbonyl (C=O) groups excluding carboxylic acids is 1. The summed E-state index contributed by atoms with van der Waals surface area (Å²) < 4.78 is 10.7. The summed E-state index contributed by atoms with van der Waals surface area (Å²) in [6.45, 7) is 3.85. The van der Waals surface area contributed by atoms with Gasteiger partial charge in [0.15, 0.2) is 0 Å². The van der Waals surface area contributed by atoms with Crippen molar-refractivity contribution in [2.24, 2.45) is 16.6 Å². The van der Waals surface area contributed by atoms with Crippen molar-refractivity contribution >= 4 is 34.3 Å². The second-order valence-electron chi connectivity index (χ2n) is 8.55. The van der Waals surface area contributed by atoms with Crippen molar-refractivity contribution in [1.82, 2.24) is 9.97 Å². The summed E-state index contributed by atoms with van der Waals surface area (Å²) in [6, 6.07) is 6.12. The number of aliphatic imine (C=N–C) groups is 1. The molecule has 3 aliphatic rings. The largest absolute Gasteiger partial charge is 0.447 e. The van der Waals surface area contributed by atoms with E-state index in [0.29, 0.717) is 24.2 Å². The monoisotopic (exact) mass is 436 g/mol. The molecular weight excluding hydrogens is 408 g/mol. The first-order valence-electron chi connectivity index (χ1n) is 11.2. The van der Waals surface area contributed by atoms with Crippen LogP contribution >= 0.6 is 0 Å². The average Bonchev–Trinajstić information content (AvgIpc) is 3.59. The molecule has 32 heavy (non-hydrogen) atoms. The third-order valence-electron chi connectivity index (χ3n) is 6.29. The third-order valence-corrected chi connectivity index (χ3v) is 6.29. The molecule has 1 aromatic carbocycles. The van der Waals surface area contributed by atoms with Gasteiger partial charge < -0.3 is 20.5 Å².